The second kappa shape index (κ2) is 5.59. The van der Waals surface area contributed by atoms with Gasteiger partial charge in [-0.15, -0.1) is 0 Å². The Labute approximate surface area is 141 Å². The fraction of sp³-hybridized carbons (Fsp3) is 0.118. The zero-order valence-corrected chi connectivity index (χ0v) is 13.2. The van der Waals surface area contributed by atoms with E-state index < -0.39 is 11.7 Å². The van der Waals surface area contributed by atoms with Gasteiger partial charge in [-0.1, -0.05) is 0 Å². The summed E-state index contributed by atoms with van der Waals surface area (Å²) in [5, 5.41) is 2.72. The van der Waals surface area contributed by atoms with E-state index in [1.54, 1.807) is 25.2 Å². The van der Waals surface area contributed by atoms with Gasteiger partial charge in [-0.2, -0.15) is 0 Å². The molecular weight excluding hydrogens is 327 g/mol. The van der Waals surface area contributed by atoms with Gasteiger partial charge in [-0.3, -0.25) is 9.59 Å². The van der Waals surface area contributed by atoms with Crippen LogP contribution in [0.2, 0.25) is 0 Å². The van der Waals surface area contributed by atoms with Crippen molar-refractivity contribution in [3.05, 3.63) is 54.2 Å². The number of fused-ring (bicyclic) bond motifs is 2. The topological polar surface area (TPSA) is 75.9 Å². The van der Waals surface area contributed by atoms with Crippen molar-refractivity contribution in [1.29, 1.82) is 0 Å². The van der Waals surface area contributed by atoms with Gasteiger partial charge in [-0.25, -0.2) is 9.37 Å². The average Bonchev–Trinajstić information content (AvgIpc) is 3.01. The van der Waals surface area contributed by atoms with E-state index in [0.29, 0.717) is 22.8 Å². The molecule has 25 heavy (non-hydrogen) atoms. The molecule has 0 spiro atoms. The van der Waals surface area contributed by atoms with Crippen LogP contribution in [0, 0.1) is 5.82 Å². The molecule has 1 N–H and O–H groups in total. The first-order chi connectivity index (χ1) is 12.0. The number of imidazole rings is 1. The third kappa shape index (κ3) is 2.67. The molecular formula is C17H13FN4O3. The molecule has 0 atom stereocenters. The van der Waals surface area contributed by atoms with Gasteiger partial charge in [0.1, 0.15) is 22.9 Å². The van der Waals surface area contributed by atoms with Crippen molar-refractivity contribution < 1.29 is 18.7 Å². The minimum absolute atomic E-state index is 0.0428. The molecule has 4 rings (SSSR count). The molecule has 7 nitrogen and oxygen atoms in total. The van der Waals surface area contributed by atoms with Gasteiger partial charge in [0, 0.05) is 31.2 Å². The van der Waals surface area contributed by atoms with Crippen LogP contribution in [0.4, 0.5) is 15.8 Å². The highest BCUT2D eigenvalue weighted by Crippen LogP contribution is 2.33. The number of pyridine rings is 1. The molecule has 1 aromatic carbocycles. The molecule has 2 aromatic heterocycles. The third-order valence-corrected chi connectivity index (χ3v) is 3.95. The largest absolute Gasteiger partial charge is 0.481 e. The molecule has 0 bridgehead atoms. The number of aromatic nitrogens is 2. The predicted molar refractivity (Wildman–Crippen MR) is 88.5 cm³/mol. The lowest BCUT2D eigenvalue weighted by atomic mass is 10.2. The highest BCUT2D eigenvalue weighted by atomic mass is 19.1. The van der Waals surface area contributed by atoms with Gasteiger partial charge in [-0.05, 0) is 24.3 Å². The van der Waals surface area contributed by atoms with E-state index in [1.807, 2.05) is 0 Å². The summed E-state index contributed by atoms with van der Waals surface area (Å²) >= 11 is 0. The van der Waals surface area contributed by atoms with E-state index >= 15 is 0 Å². The number of carbonyl (C=O) groups is 2. The summed E-state index contributed by atoms with van der Waals surface area (Å²) in [6, 6.07) is 7.78. The van der Waals surface area contributed by atoms with E-state index in [4.69, 9.17) is 4.74 Å². The van der Waals surface area contributed by atoms with Gasteiger partial charge in [0.05, 0.1) is 5.69 Å². The summed E-state index contributed by atoms with van der Waals surface area (Å²) in [6.45, 7) is -0.0428. The summed E-state index contributed by atoms with van der Waals surface area (Å²) in [5.41, 5.74) is 1.78. The summed E-state index contributed by atoms with van der Waals surface area (Å²) in [5.74, 6) is -0.468. The van der Waals surface area contributed by atoms with Crippen molar-refractivity contribution >= 4 is 28.8 Å². The van der Waals surface area contributed by atoms with Crippen LogP contribution >= 0.6 is 0 Å². The van der Waals surface area contributed by atoms with Crippen LogP contribution < -0.4 is 15.0 Å². The molecule has 3 heterocycles. The zero-order chi connectivity index (χ0) is 17.6. The lowest BCUT2D eigenvalue weighted by Crippen LogP contribution is -2.35. The standard InChI is InChI=1S/C17H13FN4O3/c1-21-13-4-3-11(6-14(13)25-9-16(21)23)19-17(24)12-8-22-7-10(18)2-5-15(22)20-12/h2-8H,9H2,1H3,(H,19,24). The number of amides is 2. The molecule has 0 saturated heterocycles. The Morgan fingerprint density at radius 3 is 2.96 bits per heavy atom. The lowest BCUT2D eigenvalue weighted by molar-refractivity contribution is -0.120. The maximum absolute atomic E-state index is 13.2. The SMILES string of the molecule is CN1C(=O)COc2cc(NC(=O)c3cn4cc(F)ccc4n3)ccc21. The number of nitrogens with one attached hydrogen (secondary N) is 1. The van der Waals surface area contributed by atoms with Gasteiger partial charge in [0.2, 0.25) is 0 Å². The number of hydrogen-bond acceptors (Lipinski definition) is 4. The van der Waals surface area contributed by atoms with Crippen LogP contribution in [-0.4, -0.2) is 34.9 Å². The maximum atomic E-state index is 13.2. The predicted octanol–water partition coefficient (Wildman–Crippen LogP) is 2.08. The first-order valence-corrected chi connectivity index (χ1v) is 7.50. The van der Waals surface area contributed by atoms with Crippen LogP contribution in [-0.2, 0) is 4.79 Å². The zero-order valence-electron chi connectivity index (χ0n) is 13.2. The summed E-state index contributed by atoms with van der Waals surface area (Å²) < 4.78 is 20.1. The van der Waals surface area contributed by atoms with Crippen LogP contribution in [0.1, 0.15) is 10.5 Å². The van der Waals surface area contributed by atoms with Crippen molar-refractivity contribution in [2.24, 2.45) is 0 Å². The highest BCUT2D eigenvalue weighted by molar-refractivity contribution is 6.04. The molecule has 0 unspecified atom stereocenters. The van der Waals surface area contributed by atoms with E-state index in [0.717, 1.165) is 0 Å². The molecule has 0 saturated carbocycles. The normalized spacial score (nSPS) is 13.5. The molecule has 8 heteroatoms. The number of hydrogen-bond donors (Lipinski definition) is 1. The average molecular weight is 340 g/mol. The summed E-state index contributed by atoms with van der Waals surface area (Å²) in [7, 11) is 1.66. The van der Waals surface area contributed by atoms with Gasteiger partial charge in [0.15, 0.2) is 6.61 Å². The Morgan fingerprint density at radius 2 is 2.12 bits per heavy atom. The monoisotopic (exact) mass is 340 g/mol. The van der Waals surface area contributed by atoms with Gasteiger partial charge < -0.3 is 19.4 Å². The number of carbonyl (C=O) groups excluding carboxylic acids is 2. The van der Waals surface area contributed by atoms with Gasteiger partial charge in [0.25, 0.3) is 11.8 Å². The van der Waals surface area contributed by atoms with E-state index in [-0.39, 0.29) is 18.2 Å². The second-order valence-electron chi connectivity index (χ2n) is 5.62. The molecule has 126 valence electrons. The van der Waals surface area contributed by atoms with Crippen LogP contribution in [0.3, 0.4) is 0 Å². The molecule has 2 amide bonds. The molecule has 0 fully saturated rings. The lowest BCUT2D eigenvalue weighted by Gasteiger charge is -2.26. The minimum atomic E-state index is -0.427. The number of benzene rings is 1. The summed E-state index contributed by atoms with van der Waals surface area (Å²) in [4.78, 5) is 29.6. The fourth-order valence-electron chi connectivity index (χ4n) is 2.62. The number of rotatable bonds is 2. The number of ether oxygens (including phenoxy) is 1. The molecule has 3 aromatic rings. The Bertz CT molecular complexity index is 1010. The summed E-state index contributed by atoms with van der Waals surface area (Å²) in [6.07, 6.45) is 2.70. The number of halogens is 1. The first kappa shape index (κ1) is 15.1. The second-order valence-corrected chi connectivity index (χ2v) is 5.62. The molecule has 0 radical (unpaired) electrons. The van der Waals surface area contributed by atoms with Crippen LogP contribution in [0.5, 0.6) is 5.75 Å². The first-order valence-electron chi connectivity index (χ1n) is 7.50. The van der Waals surface area contributed by atoms with E-state index in [2.05, 4.69) is 10.3 Å². The van der Waals surface area contributed by atoms with Crippen molar-refractivity contribution in [1.82, 2.24) is 9.38 Å². The van der Waals surface area contributed by atoms with Crippen LogP contribution in [0.25, 0.3) is 5.65 Å². The Hall–Kier alpha value is -3.42. The Morgan fingerprint density at radius 1 is 1.28 bits per heavy atom. The van der Waals surface area contributed by atoms with E-state index in [9.17, 15) is 14.0 Å². The van der Waals surface area contributed by atoms with Crippen molar-refractivity contribution in [3.8, 4) is 5.75 Å². The van der Waals surface area contributed by atoms with E-state index in [1.165, 1.54) is 33.8 Å². The minimum Gasteiger partial charge on any atom is -0.481 e. The third-order valence-electron chi connectivity index (χ3n) is 3.95. The highest BCUT2D eigenvalue weighted by Gasteiger charge is 2.22. The quantitative estimate of drug-likeness (QED) is 0.775. The number of likely N-dealkylation sites (N-methyl/N-ethyl adjacent to an activating group) is 1. The van der Waals surface area contributed by atoms with Crippen LogP contribution in [0.15, 0.2) is 42.7 Å². The van der Waals surface area contributed by atoms with Crippen molar-refractivity contribution in [3.63, 3.8) is 0 Å². The van der Waals surface area contributed by atoms with Crippen molar-refractivity contribution in [2.75, 3.05) is 23.9 Å². The molecule has 0 aliphatic carbocycles. The smallest absolute Gasteiger partial charge is 0.275 e. The molecule has 1 aliphatic rings. The van der Waals surface area contributed by atoms with Crippen molar-refractivity contribution in [2.45, 2.75) is 0 Å². The molecule has 1 aliphatic heterocycles. The number of nitrogens with zero attached hydrogens (tertiary/aromatic N) is 3. The van der Waals surface area contributed by atoms with Gasteiger partial charge >= 0.3 is 0 Å². The fourth-order valence-corrected chi connectivity index (χ4v) is 2.62. The Kier molecular flexibility index (Phi) is 3.38. The number of anilines is 2. The maximum Gasteiger partial charge on any atom is 0.275 e. The Balaban J connectivity index is 1.59.